The van der Waals surface area contributed by atoms with Crippen LogP contribution >= 0.6 is 0 Å². The molecule has 0 aromatic heterocycles. The van der Waals surface area contributed by atoms with Gasteiger partial charge in [0.25, 0.3) is 0 Å². The summed E-state index contributed by atoms with van der Waals surface area (Å²) in [6.07, 6.45) is 0. The van der Waals surface area contributed by atoms with Crippen LogP contribution in [-0.2, 0) is 6.61 Å². The molecule has 0 fully saturated rings. The lowest BCUT2D eigenvalue weighted by atomic mass is 10.2. The lowest BCUT2D eigenvalue weighted by Gasteiger charge is -2.07. The van der Waals surface area contributed by atoms with Crippen LogP contribution < -0.4 is 10.5 Å². The minimum atomic E-state index is -0.218. The lowest BCUT2D eigenvalue weighted by Crippen LogP contribution is -1.96. The van der Waals surface area contributed by atoms with E-state index in [0.29, 0.717) is 17.9 Å². The Morgan fingerprint density at radius 1 is 1.12 bits per heavy atom. The molecule has 0 amide bonds. The molecule has 0 radical (unpaired) electrons. The van der Waals surface area contributed by atoms with Crippen LogP contribution in [0.1, 0.15) is 11.1 Å². The molecular formula is C14H14FNO. The first-order valence-electron chi connectivity index (χ1n) is 5.38. The normalized spacial score (nSPS) is 10.2. The van der Waals surface area contributed by atoms with Gasteiger partial charge in [-0.15, -0.1) is 0 Å². The highest BCUT2D eigenvalue weighted by Gasteiger charge is 2.00. The molecule has 0 heterocycles. The van der Waals surface area contributed by atoms with Crippen LogP contribution in [0.25, 0.3) is 0 Å². The molecule has 0 spiro atoms. The zero-order valence-electron chi connectivity index (χ0n) is 9.61. The van der Waals surface area contributed by atoms with Gasteiger partial charge in [0.15, 0.2) is 0 Å². The van der Waals surface area contributed by atoms with Gasteiger partial charge in [0.1, 0.15) is 18.2 Å². The lowest BCUT2D eigenvalue weighted by molar-refractivity contribution is 0.305. The molecular weight excluding hydrogens is 217 g/mol. The summed E-state index contributed by atoms with van der Waals surface area (Å²) in [7, 11) is 0. The average molecular weight is 231 g/mol. The molecule has 17 heavy (non-hydrogen) atoms. The topological polar surface area (TPSA) is 35.2 Å². The van der Waals surface area contributed by atoms with Crippen LogP contribution in [0.4, 0.5) is 10.1 Å². The Labute approximate surface area is 99.8 Å². The average Bonchev–Trinajstić information content (AvgIpc) is 2.33. The third-order valence-corrected chi connectivity index (χ3v) is 2.51. The van der Waals surface area contributed by atoms with E-state index in [9.17, 15) is 4.39 Å². The van der Waals surface area contributed by atoms with Crippen LogP contribution in [0.5, 0.6) is 5.75 Å². The highest BCUT2D eigenvalue weighted by molar-refractivity contribution is 5.39. The molecule has 0 unspecified atom stereocenters. The number of rotatable bonds is 3. The van der Waals surface area contributed by atoms with E-state index in [4.69, 9.17) is 10.5 Å². The second kappa shape index (κ2) is 4.87. The summed E-state index contributed by atoms with van der Waals surface area (Å²) in [4.78, 5) is 0. The minimum absolute atomic E-state index is 0.218. The van der Waals surface area contributed by atoms with E-state index in [2.05, 4.69) is 0 Å². The molecule has 0 bridgehead atoms. The van der Waals surface area contributed by atoms with Crippen molar-refractivity contribution in [1.82, 2.24) is 0 Å². The number of nitrogens with two attached hydrogens (primary N) is 1. The molecule has 0 saturated carbocycles. The van der Waals surface area contributed by atoms with Gasteiger partial charge in [-0.05, 0) is 48.4 Å². The Morgan fingerprint density at radius 3 is 2.47 bits per heavy atom. The number of ether oxygens (including phenoxy) is 1. The Kier molecular flexibility index (Phi) is 3.28. The van der Waals surface area contributed by atoms with Gasteiger partial charge >= 0.3 is 0 Å². The minimum Gasteiger partial charge on any atom is -0.489 e. The second-order valence-electron chi connectivity index (χ2n) is 3.94. The number of hydrogen-bond acceptors (Lipinski definition) is 2. The molecule has 2 aromatic carbocycles. The zero-order valence-corrected chi connectivity index (χ0v) is 9.61. The fourth-order valence-corrected chi connectivity index (χ4v) is 1.49. The predicted molar refractivity (Wildman–Crippen MR) is 66.3 cm³/mol. The smallest absolute Gasteiger partial charge is 0.126 e. The molecule has 0 aliphatic heterocycles. The van der Waals surface area contributed by atoms with Crippen molar-refractivity contribution in [1.29, 1.82) is 0 Å². The van der Waals surface area contributed by atoms with Gasteiger partial charge in [0, 0.05) is 5.69 Å². The van der Waals surface area contributed by atoms with Crippen LogP contribution in [-0.4, -0.2) is 0 Å². The predicted octanol–water partition coefficient (Wildman–Crippen LogP) is 3.30. The van der Waals surface area contributed by atoms with Crippen LogP contribution in [0, 0.1) is 12.7 Å². The van der Waals surface area contributed by atoms with E-state index in [-0.39, 0.29) is 5.82 Å². The Hall–Kier alpha value is -2.03. The molecule has 2 aromatic rings. The molecule has 0 aliphatic rings. The molecule has 3 heteroatoms. The molecule has 0 saturated heterocycles. The van der Waals surface area contributed by atoms with E-state index in [1.165, 1.54) is 6.07 Å². The SMILES string of the molecule is Cc1cc(OCc2ccc(N)cc2)ccc1F. The second-order valence-corrected chi connectivity index (χ2v) is 3.94. The summed E-state index contributed by atoms with van der Waals surface area (Å²) in [6, 6.07) is 12.2. The van der Waals surface area contributed by atoms with Crippen molar-refractivity contribution in [2.24, 2.45) is 0 Å². The summed E-state index contributed by atoms with van der Waals surface area (Å²) >= 11 is 0. The van der Waals surface area contributed by atoms with E-state index < -0.39 is 0 Å². The van der Waals surface area contributed by atoms with Crippen molar-refractivity contribution in [3.8, 4) is 5.75 Å². The first-order valence-corrected chi connectivity index (χ1v) is 5.38. The Bertz CT molecular complexity index is 508. The maximum Gasteiger partial charge on any atom is 0.126 e. The van der Waals surface area contributed by atoms with E-state index in [1.807, 2.05) is 24.3 Å². The zero-order chi connectivity index (χ0) is 12.3. The van der Waals surface area contributed by atoms with Gasteiger partial charge in [-0.25, -0.2) is 4.39 Å². The molecule has 0 atom stereocenters. The van der Waals surface area contributed by atoms with Crippen molar-refractivity contribution in [3.63, 3.8) is 0 Å². The van der Waals surface area contributed by atoms with Crippen molar-refractivity contribution in [3.05, 3.63) is 59.4 Å². The van der Waals surface area contributed by atoms with E-state index in [1.54, 1.807) is 19.1 Å². The number of anilines is 1. The Morgan fingerprint density at radius 2 is 1.82 bits per heavy atom. The quantitative estimate of drug-likeness (QED) is 0.822. The fraction of sp³-hybridized carbons (Fsp3) is 0.143. The van der Waals surface area contributed by atoms with Gasteiger partial charge in [-0.2, -0.15) is 0 Å². The molecule has 0 aliphatic carbocycles. The largest absolute Gasteiger partial charge is 0.489 e. The van der Waals surface area contributed by atoms with Gasteiger partial charge in [0.2, 0.25) is 0 Å². The van der Waals surface area contributed by atoms with Gasteiger partial charge in [-0.3, -0.25) is 0 Å². The summed E-state index contributed by atoms with van der Waals surface area (Å²) in [5.41, 5.74) is 7.93. The summed E-state index contributed by atoms with van der Waals surface area (Å²) in [5.74, 6) is 0.450. The first kappa shape index (κ1) is 11.5. The monoisotopic (exact) mass is 231 g/mol. The highest BCUT2D eigenvalue weighted by atomic mass is 19.1. The van der Waals surface area contributed by atoms with Crippen LogP contribution in [0.15, 0.2) is 42.5 Å². The van der Waals surface area contributed by atoms with Gasteiger partial charge in [0.05, 0.1) is 0 Å². The highest BCUT2D eigenvalue weighted by Crippen LogP contribution is 2.17. The van der Waals surface area contributed by atoms with Crippen molar-refractivity contribution < 1.29 is 9.13 Å². The number of benzene rings is 2. The number of halogens is 1. The third-order valence-electron chi connectivity index (χ3n) is 2.51. The maximum atomic E-state index is 13.0. The van der Waals surface area contributed by atoms with Gasteiger partial charge in [-0.1, -0.05) is 12.1 Å². The van der Waals surface area contributed by atoms with E-state index >= 15 is 0 Å². The molecule has 2 rings (SSSR count). The van der Waals surface area contributed by atoms with E-state index in [0.717, 1.165) is 11.3 Å². The summed E-state index contributed by atoms with van der Waals surface area (Å²) < 4.78 is 18.6. The summed E-state index contributed by atoms with van der Waals surface area (Å²) in [5, 5.41) is 0. The fourth-order valence-electron chi connectivity index (χ4n) is 1.49. The molecule has 2 N–H and O–H groups in total. The van der Waals surface area contributed by atoms with Crippen molar-refractivity contribution in [2.45, 2.75) is 13.5 Å². The van der Waals surface area contributed by atoms with Crippen LogP contribution in [0.2, 0.25) is 0 Å². The molecule has 88 valence electrons. The number of aryl methyl sites for hydroxylation is 1. The number of hydrogen-bond donors (Lipinski definition) is 1. The first-order chi connectivity index (χ1) is 8.15. The molecule has 2 nitrogen and oxygen atoms in total. The third kappa shape index (κ3) is 2.97. The summed E-state index contributed by atoms with van der Waals surface area (Å²) in [6.45, 7) is 2.16. The maximum absolute atomic E-state index is 13.0. The van der Waals surface area contributed by atoms with Crippen molar-refractivity contribution in [2.75, 3.05) is 5.73 Å². The van der Waals surface area contributed by atoms with Crippen LogP contribution in [0.3, 0.4) is 0 Å². The number of nitrogen functional groups attached to an aromatic ring is 1. The standard InChI is InChI=1S/C14H14FNO/c1-10-8-13(6-7-14(10)15)17-9-11-2-4-12(16)5-3-11/h2-8H,9,16H2,1H3. The van der Waals surface area contributed by atoms with Gasteiger partial charge < -0.3 is 10.5 Å². The Balaban J connectivity index is 2.02. The van der Waals surface area contributed by atoms with Crippen molar-refractivity contribution >= 4 is 5.69 Å².